The largest absolute Gasteiger partial charge is 0.326 e. The summed E-state index contributed by atoms with van der Waals surface area (Å²) in [5.41, 5.74) is 3.06. The summed E-state index contributed by atoms with van der Waals surface area (Å²) in [5, 5.41) is 4.32. The van der Waals surface area contributed by atoms with Crippen LogP contribution in [-0.2, 0) is 9.59 Å². The fourth-order valence-corrected chi connectivity index (χ4v) is 3.89. The van der Waals surface area contributed by atoms with E-state index in [9.17, 15) is 18.8 Å². The Hall–Kier alpha value is -2.75. The molecule has 2 N–H and O–H groups in total. The van der Waals surface area contributed by atoms with Crippen LogP contribution in [0, 0.1) is 5.82 Å². The zero-order chi connectivity index (χ0) is 22.7. The zero-order valence-corrected chi connectivity index (χ0v) is 18.5. The molecule has 3 amide bonds. The molecule has 7 nitrogen and oxygen atoms in total. The molecule has 1 fully saturated rings. The molecule has 1 heterocycles. The van der Waals surface area contributed by atoms with E-state index in [-0.39, 0.29) is 28.7 Å². The van der Waals surface area contributed by atoms with Crippen LogP contribution in [0.4, 0.5) is 10.1 Å². The summed E-state index contributed by atoms with van der Waals surface area (Å²) in [4.78, 5) is 39.3. The Bertz CT molecular complexity index is 1050. The van der Waals surface area contributed by atoms with Gasteiger partial charge >= 0.3 is 0 Å². The molecule has 0 aliphatic carbocycles. The summed E-state index contributed by atoms with van der Waals surface area (Å²) in [6.45, 7) is 1.99. The van der Waals surface area contributed by atoms with Crippen molar-refractivity contribution < 1.29 is 18.8 Å². The van der Waals surface area contributed by atoms with Crippen LogP contribution >= 0.6 is 35.4 Å². The third kappa shape index (κ3) is 5.12. The van der Waals surface area contributed by atoms with Gasteiger partial charge in [0.2, 0.25) is 5.91 Å². The second-order valence-corrected chi connectivity index (χ2v) is 7.78. The number of likely N-dealkylation sites (N-methyl/N-ethyl adjacent to an activating group) is 1. The molecule has 3 rings (SSSR count). The highest BCUT2D eigenvalue weighted by molar-refractivity contribution is 7.80. The molecule has 0 saturated carbocycles. The average Bonchev–Trinajstić information content (AvgIpc) is 2.93. The number of benzene rings is 2. The first kappa shape index (κ1) is 22.9. The molecule has 0 aromatic heterocycles. The van der Waals surface area contributed by atoms with Crippen LogP contribution in [0.15, 0.2) is 42.5 Å². The monoisotopic (exact) mass is 482 g/mol. The van der Waals surface area contributed by atoms with Gasteiger partial charge in [0, 0.05) is 17.3 Å². The molecule has 31 heavy (non-hydrogen) atoms. The topological polar surface area (TPSA) is 81.8 Å². The Morgan fingerprint density at radius 1 is 1.16 bits per heavy atom. The van der Waals surface area contributed by atoms with Crippen molar-refractivity contribution in [3.05, 3.63) is 63.9 Å². The molecule has 1 aliphatic heterocycles. The molecule has 1 saturated heterocycles. The van der Waals surface area contributed by atoms with Gasteiger partial charge in [-0.2, -0.15) is 0 Å². The van der Waals surface area contributed by atoms with Gasteiger partial charge in [0.05, 0.1) is 17.0 Å². The predicted octanol–water partition coefficient (Wildman–Crippen LogP) is 3.62. The first-order valence-electron chi connectivity index (χ1n) is 9.17. The lowest BCUT2D eigenvalue weighted by Crippen LogP contribution is -2.49. The van der Waals surface area contributed by atoms with Gasteiger partial charge < -0.3 is 5.32 Å². The van der Waals surface area contributed by atoms with Crippen LogP contribution in [0.3, 0.4) is 0 Å². The Balaban J connectivity index is 1.78. The van der Waals surface area contributed by atoms with Crippen LogP contribution in [0.2, 0.25) is 10.0 Å². The van der Waals surface area contributed by atoms with Crippen molar-refractivity contribution in [2.45, 2.75) is 19.4 Å². The molecule has 11 heteroatoms. The minimum Gasteiger partial charge on any atom is -0.326 e. The van der Waals surface area contributed by atoms with Gasteiger partial charge in [-0.3, -0.25) is 24.7 Å². The van der Waals surface area contributed by atoms with E-state index in [4.69, 9.17) is 35.4 Å². The zero-order valence-electron chi connectivity index (χ0n) is 16.2. The molecule has 0 bridgehead atoms. The first-order valence-corrected chi connectivity index (χ1v) is 10.3. The minimum absolute atomic E-state index is 0.0607. The maximum atomic E-state index is 13.1. The summed E-state index contributed by atoms with van der Waals surface area (Å²) in [7, 11) is 0. The molecule has 2 aromatic carbocycles. The van der Waals surface area contributed by atoms with Crippen molar-refractivity contribution in [3.8, 4) is 0 Å². The molecule has 2 aromatic rings. The Labute approximate surface area is 193 Å². The maximum absolute atomic E-state index is 13.1. The molecule has 1 unspecified atom stereocenters. The van der Waals surface area contributed by atoms with E-state index < -0.39 is 29.6 Å². The van der Waals surface area contributed by atoms with Crippen LogP contribution < -0.4 is 10.7 Å². The van der Waals surface area contributed by atoms with Gasteiger partial charge in [0.1, 0.15) is 11.9 Å². The maximum Gasteiger partial charge on any atom is 0.271 e. The Kier molecular flexibility index (Phi) is 7.09. The van der Waals surface area contributed by atoms with Crippen LogP contribution in [0.25, 0.3) is 0 Å². The van der Waals surface area contributed by atoms with Crippen LogP contribution in [0.5, 0.6) is 0 Å². The highest BCUT2D eigenvalue weighted by atomic mass is 35.5. The van der Waals surface area contributed by atoms with Gasteiger partial charge in [-0.25, -0.2) is 9.40 Å². The van der Waals surface area contributed by atoms with E-state index in [0.29, 0.717) is 10.7 Å². The second-order valence-electron chi connectivity index (χ2n) is 6.58. The van der Waals surface area contributed by atoms with Crippen LogP contribution in [-0.4, -0.2) is 45.3 Å². The smallest absolute Gasteiger partial charge is 0.271 e. The average molecular weight is 483 g/mol. The van der Waals surface area contributed by atoms with Crippen molar-refractivity contribution >= 4 is 63.9 Å². The first-order chi connectivity index (χ1) is 14.7. The lowest BCUT2D eigenvalue weighted by Gasteiger charge is -2.24. The van der Waals surface area contributed by atoms with Gasteiger partial charge in [0.15, 0.2) is 5.11 Å². The minimum atomic E-state index is -1.05. The SMILES string of the molecule is CCN1C(=O)C(CC(=O)Nc2ccc(F)cc2)N(NC(=O)c2ccc(Cl)cc2Cl)C1=S. The van der Waals surface area contributed by atoms with Crippen molar-refractivity contribution in [2.24, 2.45) is 0 Å². The van der Waals surface area contributed by atoms with Gasteiger partial charge in [-0.15, -0.1) is 0 Å². The number of rotatable bonds is 6. The highest BCUT2D eigenvalue weighted by Crippen LogP contribution is 2.23. The number of nitrogens with one attached hydrogen (secondary N) is 2. The third-order valence-electron chi connectivity index (χ3n) is 4.52. The lowest BCUT2D eigenvalue weighted by molar-refractivity contribution is -0.130. The summed E-state index contributed by atoms with van der Waals surface area (Å²) in [5.74, 6) is -1.99. The number of hydrogen-bond acceptors (Lipinski definition) is 4. The standard InChI is InChI=1S/C20H17Cl2FN4O3S/c1-2-26-19(30)16(10-17(28)24-13-6-4-12(23)5-7-13)27(20(26)31)25-18(29)14-8-3-11(21)9-15(14)22/h3-9,16H,2,10H2,1H3,(H,24,28)(H,25,29). The fourth-order valence-electron chi connectivity index (χ4n) is 3.01. The van der Waals surface area contributed by atoms with Gasteiger partial charge in [-0.05, 0) is 61.6 Å². The molecule has 0 radical (unpaired) electrons. The van der Waals surface area contributed by atoms with Gasteiger partial charge in [0.25, 0.3) is 11.8 Å². The van der Waals surface area contributed by atoms with E-state index in [1.807, 2.05) is 0 Å². The number of nitrogens with zero attached hydrogens (tertiary/aromatic N) is 2. The number of anilines is 1. The van der Waals surface area contributed by atoms with E-state index in [0.717, 1.165) is 0 Å². The van der Waals surface area contributed by atoms with Crippen molar-refractivity contribution in [2.75, 3.05) is 11.9 Å². The van der Waals surface area contributed by atoms with E-state index >= 15 is 0 Å². The van der Waals surface area contributed by atoms with E-state index in [2.05, 4.69) is 10.7 Å². The van der Waals surface area contributed by atoms with Crippen molar-refractivity contribution in [3.63, 3.8) is 0 Å². The quantitative estimate of drug-likeness (QED) is 0.614. The summed E-state index contributed by atoms with van der Waals surface area (Å²) in [6.07, 6.45) is -0.290. The molecule has 0 spiro atoms. The predicted molar refractivity (Wildman–Crippen MR) is 119 cm³/mol. The number of hydrogen-bond donors (Lipinski definition) is 2. The third-order valence-corrected chi connectivity index (χ3v) is 5.49. The van der Waals surface area contributed by atoms with Gasteiger partial charge in [-0.1, -0.05) is 23.2 Å². The molecule has 1 aliphatic rings. The normalized spacial score (nSPS) is 15.9. The van der Waals surface area contributed by atoms with Crippen molar-refractivity contribution in [1.82, 2.24) is 15.3 Å². The molecule has 162 valence electrons. The number of carbonyl (C=O) groups excluding carboxylic acids is 3. The molecule has 1 atom stereocenters. The lowest BCUT2D eigenvalue weighted by atomic mass is 10.1. The number of thiocarbonyl (C=S) groups is 1. The van der Waals surface area contributed by atoms with E-state index in [1.165, 1.54) is 52.4 Å². The summed E-state index contributed by atoms with van der Waals surface area (Å²) >= 11 is 17.3. The molecular weight excluding hydrogens is 466 g/mol. The number of amides is 3. The summed E-state index contributed by atoms with van der Waals surface area (Å²) in [6, 6.07) is 8.50. The Morgan fingerprint density at radius 2 is 1.84 bits per heavy atom. The molecular formula is C20H17Cl2FN4O3S. The number of halogens is 3. The number of hydrazine groups is 1. The summed E-state index contributed by atoms with van der Waals surface area (Å²) < 4.78 is 13.1. The fraction of sp³-hybridized carbons (Fsp3) is 0.200. The second kappa shape index (κ2) is 9.59. The van der Waals surface area contributed by atoms with E-state index in [1.54, 1.807) is 6.92 Å². The van der Waals surface area contributed by atoms with Crippen LogP contribution in [0.1, 0.15) is 23.7 Å². The number of carbonyl (C=O) groups is 3. The van der Waals surface area contributed by atoms with Crippen molar-refractivity contribution in [1.29, 1.82) is 0 Å². The highest BCUT2D eigenvalue weighted by Gasteiger charge is 2.44. The Morgan fingerprint density at radius 3 is 2.45 bits per heavy atom.